The minimum Gasteiger partial charge on any atom is -0.406 e. The number of nitrogens with zero attached hydrogens (tertiary/aromatic N) is 1. The lowest BCUT2D eigenvalue weighted by Gasteiger charge is -2.16. The molecule has 0 spiro atoms. The number of hydrogen-bond donors (Lipinski definition) is 0. The highest BCUT2D eigenvalue weighted by atomic mass is 28.3. The predicted octanol–water partition coefficient (Wildman–Crippen LogP) is 0.435. The molecular weight excluding hydrogens is 118 g/mol. The molecule has 0 aliphatic heterocycles. The SMILES string of the molecule is CCO[SiH](C)N(C)C. The van der Waals surface area contributed by atoms with E-state index < -0.39 is 9.20 Å². The Morgan fingerprint density at radius 3 is 2.12 bits per heavy atom. The van der Waals surface area contributed by atoms with Gasteiger partial charge in [-0.1, -0.05) is 0 Å². The van der Waals surface area contributed by atoms with Gasteiger partial charge in [0.05, 0.1) is 0 Å². The molecule has 0 radical (unpaired) electrons. The molecule has 0 bridgehead atoms. The van der Waals surface area contributed by atoms with Crippen LogP contribution in [0.4, 0.5) is 0 Å². The summed E-state index contributed by atoms with van der Waals surface area (Å²) in [6, 6.07) is 0. The van der Waals surface area contributed by atoms with Gasteiger partial charge in [-0.3, -0.25) is 0 Å². The third kappa shape index (κ3) is 3.18. The van der Waals surface area contributed by atoms with Crippen molar-refractivity contribution in [2.45, 2.75) is 13.5 Å². The summed E-state index contributed by atoms with van der Waals surface area (Å²) in [4.78, 5) is 0. The zero-order valence-corrected chi connectivity index (χ0v) is 7.29. The fourth-order valence-electron chi connectivity index (χ4n) is 0.390. The maximum absolute atomic E-state index is 5.37. The molecule has 0 aliphatic rings. The Bertz CT molecular complexity index is 58.4. The fraction of sp³-hybridized carbons (Fsp3) is 1.00. The highest BCUT2D eigenvalue weighted by Gasteiger charge is 2.03. The molecule has 50 valence electrons. The van der Waals surface area contributed by atoms with Crippen LogP contribution in [-0.2, 0) is 4.43 Å². The van der Waals surface area contributed by atoms with Gasteiger partial charge in [0.25, 0.3) is 9.20 Å². The Hall–Kier alpha value is 0.137. The van der Waals surface area contributed by atoms with Gasteiger partial charge in [-0.25, -0.2) is 0 Å². The van der Waals surface area contributed by atoms with Crippen molar-refractivity contribution in [3.63, 3.8) is 0 Å². The summed E-state index contributed by atoms with van der Waals surface area (Å²) in [5.74, 6) is 0. The quantitative estimate of drug-likeness (QED) is 0.518. The van der Waals surface area contributed by atoms with E-state index in [1.807, 2.05) is 6.92 Å². The molecule has 0 aromatic carbocycles. The molecule has 0 aliphatic carbocycles. The highest BCUT2D eigenvalue weighted by molar-refractivity contribution is 6.46. The van der Waals surface area contributed by atoms with E-state index in [9.17, 15) is 0 Å². The van der Waals surface area contributed by atoms with Gasteiger partial charge in [0.2, 0.25) is 0 Å². The third-order valence-electron chi connectivity index (χ3n) is 1.14. The summed E-state index contributed by atoms with van der Waals surface area (Å²) < 4.78 is 7.54. The maximum atomic E-state index is 5.37. The zero-order chi connectivity index (χ0) is 6.57. The second-order valence-corrected chi connectivity index (χ2v) is 4.58. The van der Waals surface area contributed by atoms with Crippen LogP contribution in [0.25, 0.3) is 0 Å². The molecule has 0 N–H and O–H groups in total. The van der Waals surface area contributed by atoms with E-state index in [1.54, 1.807) is 0 Å². The largest absolute Gasteiger partial charge is 0.406 e. The number of rotatable bonds is 3. The average molecular weight is 133 g/mol. The molecule has 0 saturated carbocycles. The predicted molar refractivity (Wildman–Crippen MR) is 38.3 cm³/mol. The topological polar surface area (TPSA) is 12.5 Å². The lowest BCUT2D eigenvalue weighted by Crippen LogP contribution is -2.32. The van der Waals surface area contributed by atoms with E-state index in [4.69, 9.17) is 4.43 Å². The van der Waals surface area contributed by atoms with E-state index >= 15 is 0 Å². The summed E-state index contributed by atoms with van der Waals surface area (Å²) >= 11 is 0. The molecule has 1 unspecified atom stereocenters. The van der Waals surface area contributed by atoms with E-state index in [1.165, 1.54) is 0 Å². The molecule has 2 nitrogen and oxygen atoms in total. The van der Waals surface area contributed by atoms with Crippen molar-refractivity contribution in [1.82, 2.24) is 4.57 Å². The van der Waals surface area contributed by atoms with Crippen LogP contribution >= 0.6 is 0 Å². The lowest BCUT2D eigenvalue weighted by atomic mass is 10.9. The molecule has 0 amide bonds. The van der Waals surface area contributed by atoms with Crippen LogP contribution in [0, 0.1) is 0 Å². The molecule has 0 heterocycles. The summed E-state index contributed by atoms with van der Waals surface area (Å²) in [6.45, 7) is 5.06. The normalized spacial score (nSPS) is 14.6. The Morgan fingerprint density at radius 2 is 2.00 bits per heavy atom. The van der Waals surface area contributed by atoms with E-state index in [0.29, 0.717) is 0 Å². The smallest absolute Gasteiger partial charge is 0.251 e. The van der Waals surface area contributed by atoms with Gasteiger partial charge in [-0.2, -0.15) is 0 Å². The Balaban J connectivity index is 3.17. The van der Waals surface area contributed by atoms with Crippen LogP contribution in [0.3, 0.4) is 0 Å². The Morgan fingerprint density at radius 1 is 1.50 bits per heavy atom. The molecule has 0 aromatic heterocycles. The summed E-state index contributed by atoms with van der Waals surface area (Å²) in [7, 11) is 3.18. The van der Waals surface area contributed by atoms with Crippen LogP contribution in [0.2, 0.25) is 6.55 Å². The van der Waals surface area contributed by atoms with Crippen molar-refractivity contribution < 1.29 is 4.43 Å². The second-order valence-electron chi connectivity index (χ2n) is 2.02. The number of hydrogen-bond acceptors (Lipinski definition) is 2. The van der Waals surface area contributed by atoms with Crippen molar-refractivity contribution >= 4 is 9.20 Å². The molecular formula is C5H15NOSi. The molecule has 0 aromatic rings. The second kappa shape index (κ2) is 4.06. The van der Waals surface area contributed by atoms with Gasteiger partial charge in [0.1, 0.15) is 0 Å². The average Bonchev–Trinajstić information content (AvgIpc) is 1.67. The molecule has 8 heavy (non-hydrogen) atoms. The first-order valence-corrected chi connectivity index (χ1v) is 5.10. The Labute approximate surface area is 53.3 Å². The third-order valence-corrected chi connectivity index (χ3v) is 3.41. The van der Waals surface area contributed by atoms with Gasteiger partial charge in [0, 0.05) is 6.61 Å². The van der Waals surface area contributed by atoms with Gasteiger partial charge >= 0.3 is 0 Å². The fourth-order valence-corrected chi connectivity index (χ4v) is 1.17. The van der Waals surface area contributed by atoms with Crippen molar-refractivity contribution in [1.29, 1.82) is 0 Å². The molecule has 0 fully saturated rings. The Kier molecular flexibility index (Phi) is 4.13. The first-order valence-electron chi connectivity index (χ1n) is 2.96. The highest BCUT2D eigenvalue weighted by Crippen LogP contribution is 1.86. The van der Waals surface area contributed by atoms with Crippen molar-refractivity contribution in [2.75, 3.05) is 20.7 Å². The van der Waals surface area contributed by atoms with Crippen molar-refractivity contribution in [2.24, 2.45) is 0 Å². The van der Waals surface area contributed by atoms with Gasteiger partial charge in [-0.15, -0.1) is 0 Å². The van der Waals surface area contributed by atoms with Gasteiger partial charge in [0.15, 0.2) is 0 Å². The van der Waals surface area contributed by atoms with Gasteiger partial charge < -0.3 is 8.99 Å². The van der Waals surface area contributed by atoms with E-state index in [-0.39, 0.29) is 0 Å². The van der Waals surface area contributed by atoms with Gasteiger partial charge in [-0.05, 0) is 27.6 Å². The van der Waals surface area contributed by atoms with Crippen LogP contribution in [0.1, 0.15) is 6.92 Å². The molecule has 0 saturated heterocycles. The van der Waals surface area contributed by atoms with E-state index in [2.05, 4.69) is 25.2 Å². The minimum absolute atomic E-state index is 0.853. The molecule has 0 rings (SSSR count). The lowest BCUT2D eigenvalue weighted by molar-refractivity contribution is 0.308. The summed E-state index contributed by atoms with van der Waals surface area (Å²) in [5.41, 5.74) is 0. The van der Waals surface area contributed by atoms with E-state index in [0.717, 1.165) is 6.61 Å². The van der Waals surface area contributed by atoms with Crippen molar-refractivity contribution in [3.05, 3.63) is 0 Å². The monoisotopic (exact) mass is 133 g/mol. The van der Waals surface area contributed by atoms with Crippen molar-refractivity contribution in [3.8, 4) is 0 Å². The zero-order valence-electron chi connectivity index (χ0n) is 6.14. The van der Waals surface area contributed by atoms with Crippen LogP contribution in [0.15, 0.2) is 0 Å². The first-order chi connectivity index (χ1) is 3.68. The first kappa shape index (κ1) is 8.14. The molecule has 3 heteroatoms. The summed E-state index contributed by atoms with van der Waals surface area (Å²) in [5, 5.41) is 0. The molecule has 1 atom stereocenters. The minimum atomic E-state index is -0.942. The van der Waals surface area contributed by atoms with Crippen LogP contribution in [0.5, 0.6) is 0 Å². The van der Waals surface area contributed by atoms with Crippen LogP contribution < -0.4 is 0 Å². The standard InChI is InChI=1S/C5H15NOSi/c1-5-7-8(4)6(2)3/h8H,5H2,1-4H3. The summed E-state index contributed by atoms with van der Waals surface area (Å²) in [6.07, 6.45) is 0. The van der Waals surface area contributed by atoms with Crippen LogP contribution in [-0.4, -0.2) is 34.5 Å². The maximum Gasteiger partial charge on any atom is 0.251 e.